The Labute approximate surface area is 244 Å². The number of oxime groups is 1. The van der Waals surface area contributed by atoms with Gasteiger partial charge < -0.3 is 15.1 Å². The van der Waals surface area contributed by atoms with Crippen molar-refractivity contribution in [3.8, 4) is 0 Å². The Balaban J connectivity index is 1.86. The van der Waals surface area contributed by atoms with Crippen LogP contribution in [0.2, 0.25) is 0 Å². The van der Waals surface area contributed by atoms with Crippen molar-refractivity contribution in [3.05, 3.63) is 59.3 Å². The summed E-state index contributed by atoms with van der Waals surface area (Å²) in [5.41, 5.74) is -5.63. The molecule has 2 saturated carbocycles. The molecule has 2 fully saturated rings. The molecule has 242 valence electrons. The van der Waals surface area contributed by atoms with Crippen LogP contribution in [0.25, 0.3) is 0 Å². The number of rotatable bonds is 7. The molecular formula is C30H36F9NO3. The van der Waals surface area contributed by atoms with Crippen molar-refractivity contribution in [1.29, 1.82) is 0 Å². The minimum atomic E-state index is -6.80. The van der Waals surface area contributed by atoms with E-state index in [4.69, 9.17) is 0 Å². The molecule has 0 radical (unpaired) electrons. The Morgan fingerprint density at radius 3 is 2.26 bits per heavy atom. The highest BCUT2D eigenvalue weighted by Crippen LogP contribution is 2.61. The maximum atomic E-state index is 13.6. The highest BCUT2D eigenvalue weighted by molar-refractivity contribution is 6.01. The van der Waals surface area contributed by atoms with E-state index in [2.05, 4.69) is 16.6 Å². The molecule has 0 amide bonds. The number of aliphatic hydroxyl groups is 2. The van der Waals surface area contributed by atoms with Crippen LogP contribution >= 0.6 is 0 Å². The lowest BCUT2D eigenvalue weighted by Crippen LogP contribution is -2.64. The average molecular weight is 630 g/mol. The number of alkyl halides is 9. The first kappa shape index (κ1) is 34.9. The number of fused-ring (bicyclic) bond motifs is 1. The van der Waals surface area contributed by atoms with Crippen molar-refractivity contribution in [2.24, 2.45) is 27.8 Å². The van der Waals surface area contributed by atoms with Crippen LogP contribution in [0.1, 0.15) is 58.8 Å². The lowest BCUT2D eigenvalue weighted by molar-refractivity contribution is -0.397. The van der Waals surface area contributed by atoms with Gasteiger partial charge in [0.25, 0.3) is 5.41 Å². The fourth-order valence-electron chi connectivity index (χ4n) is 6.83. The van der Waals surface area contributed by atoms with Crippen LogP contribution in [-0.2, 0) is 4.84 Å². The number of nitrogens with zero attached hydrogens (tertiary/aromatic N) is 1. The van der Waals surface area contributed by atoms with Gasteiger partial charge in [-0.05, 0) is 73.0 Å². The first-order chi connectivity index (χ1) is 19.7. The van der Waals surface area contributed by atoms with Crippen LogP contribution in [0.5, 0.6) is 0 Å². The molecule has 0 saturated heterocycles. The molecule has 0 aromatic rings. The van der Waals surface area contributed by atoms with Crippen molar-refractivity contribution in [2.45, 2.75) is 89.5 Å². The van der Waals surface area contributed by atoms with E-state index in [-0.39, 0.29) is 30.3 Å². The smallest absolute Gasteiger partial charge is 0.399 e. The van der Waals surface area contributed by atoms with Crippen LogP contribution in [0.4, 0.5) is 39.5 Å². The van der Waals surface area contributed by atoms with Crippen molar-refractivity contribution in [3.63, 3.8) is 0 Å². The SMILES string of the molecule is C=C1/C(=C\C=C2/CCC[C@]3(C)C([C@@H](C)C/C=C/C(=N/OC)C(C(F)(F)F)(C(F)(F)F)C(F)(F)F)=CC[C@@H]23)C[C@@H](O)C[C@@H]1O. The summed E-state index contributed by atoms with van der Waals surface area (Å²) in [6.07, 6.45) is -11.7. The molecule has 3 rings (SSSR count). The molecule has 0 spiro atoms. The van der Waals surface area contributed by atoms with Gasteiger partial charge in [-0.25, -0.2) is 0 Å². The zero-order chi connectivity index (χ0) is 32.6. The zero-order valence-corrected chi connectivity index (χ0v) is 24.0. The quantitative estimate of drug-likeness (QED) is 0.129. The van der Waals surface area contributed by atoms with E-state index in [1.807, 2.05) is 25.2 Å². The number of allylic oxidation sites excluding steroid dienone is 7. The topological polar surface area (TPSA) is 62.0 Å². The zero-order valence-electron chi connectivity index (χ0n) is 24.0. The first-order valence-electron chi connectivity index (χ1n) is 13.9. The fourth-order valence-corrected chi connectivity index (χ4v) is 6.83. The summed E-state index contributed by atoms with van der Waals surface area (Å²) >= 11 is 0. The van der Waals surface area contributed by atoms with E-state index in [9.17, 15) is 49.7 Å². The maximum Gasteiger partial charge on any atom is 0.417 e. The van der Waals surface area contributed by atoms with Gasteiger partial charge >= 0.3 is 18.5 Å². The number of hydrogen-bond acceptors (Lipinski definition) is 4. The normalized spacial score (nSPS) is 30.7. The molecule has 13 heteroatoms. The number of halogens is 9. The van der Waals surface area contributed by atoms with Gasteiger partial charge in [0.2, 0.25) is 0 Å². The van der Waals surface area contributed by atoms with Crippen LogP contribution in [0, 0.1) is 22.7 Å². The summed E-state index contributed by atoms with van der Waals surface area (Å²) in [6.45, 7) is 7.67. The third-order valence-electron chi connectivity index (χ3n) is 9.02. The summed E-state index contributed by atoms with van der Waals surface area (Å²) in [5, 5.41) is 22.7. The maximum absolute atomic E-state index is 13.6. The van der Waals surface area contributed by atoms with Crippen molar-refractivity contribution >= 4 is 5.71 Å². The van der Waals surface area contributed by atoms with Crippen molar-refractivity contribution in [1.82, 2.24) is 0 Å². The molecule has 0 aliphatic heterocycles. The third-order valence-corrected chi connectivity index (χ3v) is 9.02. The molecule has 0 aromatic heterocycles. The van der Waals surface area contributed by atoms with Crippen molar-refractivity contribution in [2.75, 3.05) is 7.11 Å². The molecule has 0 aromatic carbocycles. The predicted octanol–water partition coefficient (Wildman–Crippen LogP) is 8.31. The summed E-state index contributed by atoms with van der Waals surface area (Å²) in [7, 11) is 0.563. The van der Waals surface area contributed by atoms with Crippen LogP contribution in [0.15, 0.2) is 64.4 Å². The van der Waals surface area contributed by atoms with Gasteiger partial charge in [0, 0.05) is 6.42 Å². The predicted molar refractivity (Wildman–Crippen MR) is 143 cm³/mol. The summed E-state index contributed by atoms with van der Waals surface area (Å²) in [6, 6.07) is 0. The first-order valence-corrected chi connectivity index (χ1v) is 13.9. The molecule has 0 unspecified atom stereocenters. The van der Waals surface area contributed by atoms with E-state index in [1.54, 1.807) is 6.92 Å². The minimum absolute atomic E-state index is 0.0604. The minimum Gasteiger partial charge on any atom is -0.399 e. The molecule has 3 aliphatic rings. The standard InChI is InChI=1S/C30H36F9NO3/c1-17(7-5-9-25(40-43-4)27(28(31,32)33,29(34,35)36)30(37,38)39)22-12-13-23-19(8-6-14-26(22,23)3)10-11-20-15-21(41)16-24(42)18(20)2/h5,9-12,17,21,23-24,41-42H,2,6-8,13-16H2,1,3-4H3/b9-5+,19-10+,20-11-,40-25-/t17-,21+,23-,24-,26+/m0/s1. The van der Waals surface area contributed by atoms with Crippen molar-refractivity contribution < 1.29 is 54.6 Å². The van der Waals surface area contributed by atoms with Gasteiger partial charge in [-0.1, -0.05) is 61.0 Å². The highest BCUT2D eigenvalue weighted by atomic mass is 19.4. The second-order valence-corrected chi connectivity index (χ2v) is 11.7. The average Bonchev–Trinajstić information content (AvgIpc) is 3.20. The van der Waals surface area contributed by atoms with E-state index >= 15 is 0 Å². The van der Waals surface area contributed by atoms with Gasteiger partial charge in [-0.15, -0.1) is 0 Å². The Morgan fingerprint density at radius 1 is 1.09 bits per heavy atom. The van der Waals surface area contributed by atoms with Crippen LogP contribution in [-0.4, -0.2) is 53.8 Å². The second-order valence-electron chi connectivity index (χ2n) is 11.7. The monoisotopic (exact) mass is 629 g/mol. The van der Waals surface area contributed by atoms with Gasteiger partial charge in [0.05, 0.1) is 12.2 Å². The Kier molecular flexibility index (Phi) is 10.1. The highest BCUT2D eigenvalue weighted by Gasteiger charge is 2.86. The van der Waals surface area contributed by atoms with Gasteiger partial charge in [-0.3, -0.25) is 0 Å². The Morgan fingerprint density at radius 2 is 1.70 bits per heavy atom. The lowest BCUT2D eigenvalue weighted by Gasteiger charge is -2.42. The van der Waals surface area contributed by atoms with Crippen LogP contribution < -0.4 is 0 Å². The second kappa shape index (κ2) is 12.5. The Hall–Kier alpha value is -2.54. The van der Waals surface area contributed by atoms with E-state index < -0.39 is 47.8 Å². The number of aliphatic hydroxyl groups excluding tert-OH is 2. The summed E-state index contributed by atoms with van der Waals surface area (Å²) in [4.78, 5) is 4.02. The van der Waals surface area contributed by atoms with Gasteiger partial charge in [0.1, 0.15) is 12.8 Å². The fraction of sp³-hybridized carbons (Fsp3) is 0.633. The van der Waals surface area contributed by atoms with Gasteiger partial charge in [-0.2, -0.15) is 39.5 Å². The number of hydrogen-bond donors (Lipinski definition) is 2. The summed E-state index contributed by atoms with van der Waals surface area (Å²) < 4.78 is 123. The molecule has 4 nitrogen and oxygen atoms in total. The molecule has 0 heterocycles. The van der Waals surface area contributed by atoms with Gasteiger partial charge in [0.15, 0.2) is 0 Å². The molecule has 2 N–H and O–H groups in total. The molecule has 0 bridgehead atoms. The third kappa shape index (κ3) is 6.48. The molecule has 5 atom stereocenters. The lowest BCUT2D eigenvalue weighted by atomic mass is 9.62. The molecule has 3 aliphatic carbocycles. The van der Waals surface area contributed by atoms with E-state index in [1.165, 1.54) is 0 Å². The van der Waals surface area contributed by atoms with Crippen LogP contribution in [0.3, 0.4) is 0 Å². The molecular weight excluding hydrogens is 593 g/mol. The summed E-state index contributed by atoms with van der Waals surface area (Å²) in [5.74, 6) is -0.349. The Bertz CT molecular complexity index is 1170. The van der Waals surface area contributed by atoms with E-state index in [0.717, 1.165) is 42.1 Å². The largest absolute Gasteiger partial charge is 0.417 e. The van der Waals surface area contributed by atoms with E-state index in [0.29, 0.717) is 25.5 Å². The molecule has 43 heavy (non-hydrogen) atoms.